The van der Waals surface area contributed by atoms with Gasteiger partial charge in [0, 0.05) is 5.56 Å². The Labute approximate surface area is 138 Å². The topological polar surface area (TPSA) is 29.4 Å². The van der Waals surface area contributed by atoms with Crippen molar-refractivity contribution < 1.29 is 4.79 Å². The van der Waals surface area contributed by atoms with E-state index in [1.54, 1.807) is 0 Å². The molecule has 1 aliphatic rings. The van der Waals surface area contributed by atoms with E-state index < -0.39 is 0 Å². The molecule has 110 valence electrons. The molecule has 0 saturated carbocycles. The molecule has 0 atom stereocenters. The first kappa shape index (κ1) is 14.0. The smallest absolute Gasteiger partial charge is 0.244 e. The van der Waals surface area contributed by atoms with E-state index in [4.69, 9.17) is 0 Å². The molecule has 3 aromatic rings. The van der Waals surface area contributed by atoms with Crippen LogP contribution in [0.5, 0.6) is 0 Å². The van der Waals surface area contributed by atoms with Gasteiger partial charge in [-0.25, -0.2) is 4.99 Å². The van der Waals surface area contributed by atoms with Crippen LogP contribution >= 0.6 is 11.8 Å². The summed E-state index contributed by atoms with van der Waals surface area (Å²) in [5, 5.41) is 3.11. The van der Waals surface area contributed by atoms with E-state index >= 15 is 0 Å². The van der Waals surface area contributed by atoms with Crippen LogP contribution in [0.15, 0.2) is 83.5 Å². The Morgan fingerprint density at radius 1 is 0.826 bits per heavy atom. The molecule has 0 aromatic heterocycles. The van der Waals surface area contributed by atoms with Crippen molar-refractivity contribution >= 4 is 38.8 Å². The molecule has 0 saturated heterocycles. The highest BCUT2D eigenvalue weighted by Crippen LogP contribution is 2.29. The van der Waals surface area contributed by atoms with Gasteiger partial charge < -0.3 is 0 Å². The molecule has 0 fully saturated rings. The number of nitrogens with zero attached hydrogens (tertiary/aromatic N) is 1. The number of carbonyl (C=O) groups is 1. The zero-order valence-electron chi connectivity index (χ0n) is 12.3. The molecule has 3 heteroatoms. The van der Waals surface area contributed by atoms with Crippen LogP contribution < -0.4 is 0 Å². The van der Waals surface area contributed by atoms with Crippen LogP contribution in [-0.2, 0) is 4.79 Å². The molecule has 0 amide bonds. The van der Waals surface area contributed by atoms with Crippen LogP contribution in [-0.4, -0.2) is 10.2 Å². The highest BCUT2D eigenvalue weighted by atomic mass is 32.2. The van der Waals surface area contributed by atoms with Crippen LogP contribution in [0.2, 0.25) is 0 Å². The summed E-state index contributed by atoms with van der Waals surface area (Å²) in [6, 6.07) is 24.1. The summed E-state index contributed by atoms with van der Waals surface area (Å²) in [6.07, 6.45) is 1.86. The molecule has 4 rings (SSSR count). The second kappa shape index (κ2) is 5.86. The Morgan fingerprint density at radius 3 is 2.39 bits per heavy atom. The summed E-state index contributed by atoms with van der Waals surface area (Å²) in [5.41, 5.74) is 2.47. The van der Waals surface area contributed by atoms with Crippen molar-refractivity contribution in [1.29, 1.82) is 0 Å². The van der Waals surface area contributed by atoms with E-state index in [1.165, 1.54) is 17.1 Å². The number of rotatable bonds is 2. The molecule has 1 aliphatic heterocycles. The summed E-state index contributed by atoms with van der Waals surface area (Å²) in [5.74, 6) is 0. The minimum absolute atomic E-state index is 0.00277. The van der Waals surface area contributed by atoms with Gasteiger partial charge >= 0.3 is 0 Å². The SMILES string of the molecule is O=C1SC(c2ccccc2)=N/C1=C\c1ccc2ccccc2c1. The van der Waals surface area contributed by atoms with E-state index in [1.807, 2.05) is 54.6 Å². The van der Waals surface area contributed by atoms with Gasteiger partial charge in [0.25, 0.3) is 0 Å². The van der Waals surface area contributed by atoms with Crippen LogP contribution in [0.1, 0.15) is 11.1 Å². The average Bonchev–Trinajstić information content (AvgIpc) is 2.96. The van der Waals surface area contributed by atoms with Crippen molar-refractivity contribution in [1.82, 2.24) is 0 Å². The average molecular weight is 315 g/mol. The first-order valence-corrected chi connectivity index (χ1v) is 8.18. The number of hydrogen-bond donors (Lipinski definition) is 0. The Bertz CT molecular complexity index is 958. The van der Waals surface area contributed by atoms with Crippen molar-refractivity contribution in [3.63, 3.8) is 0 Å². The lowest BCUT2D eigenvalue weighted by Gasteiger charge is -1.99. The van der Waals surface area contributed by atoms with Gasteiger partial charge in [0.05, 0.1) is 0 Å². The fourth-order valence-corrected chi connectivity index (χ4v) is 3.35. The lowest BCUT2D eigenvalue weighted by molar-refractivity contribution is -0.107. The molecule has 0 bridgehead atoms. The normalized spacial score (nSPS) is 16.1. The van der Waals surface area contributed by atoms with Gasteiger partial charge in [-0.3, -0.25) is 4.79 Å². The fourth-order valence-electron chi connectivity index (χ4n) is 2.57. The molecule has 0 unspecified atom stereocenters. The van der Waals surface area contributed by atoms with Gasteiger partial charge in [-0.2, -0.15) is 0 Å². The van der Waals surface area contributed by atoms with E-state index in [0.717, 1.165) is 21.6 Å². The zero-order valence-corrected chi connectivity index (χ0v) is 13.1. The second-order valence-corrected chi connectivity index (χ2v) is 6.27. The molecule has 3 aromatic carbocycles. The largest absolute Gasteiger partial charge is 0.279 e. The van der Waals surface area contributed by atoms with Gasteiger partial charge in [0.15, 0.2) is 0 Å². The highest BCUT2D eigenvalue weighted by molar-refractivity contribution is 8.27. The Kier molecular flexibility index (Phi) is 3.56. The quantitative estimate of drug-likeness (QED) is 0.629. The van der Waals surface area contributed by atoms with Crippen molar-refractivity contribution in [2.75, 3.05) is 0 Å². The molecular weight excluding hydrogens is 302 g/mol. The van der Waals surface area contributed by atoms with Crippen molar-refractivity contribution in [2.45, 2.75) is 0 Å². The van der Waals surface area contributed by atoms with E-state index in [9.17, 15) is 4.79 Å². The van der Waals surface area contributed by atoms with Crippen LogP contribution in [0.25, 0.3) is 16.8 Å². The summed E-state index contributed by atoms with van der Waals surface area (Å²) >= 11 is 1.19. The predicted octanol–water partition coefficient (Wildman–Crippen LogP) is 4.90. The first-order valence-electron chi connectivity index (χ1n) is 7.36. The Morgan fingerprint density at radius 2 is 1.57 bits per heavy atom. The maximum Gasteiger partial charge on any atom is 0.244 e. The lowest BCUT2D eigenvalue weighted by Crippen LogP contribution is -1.91. The summed E-state index contributed by atoms with van der Waals surface area (Å²) in [6.45, 7) is 0. The van der Waals surface area contributed by atoms with Gasteiger partial charge in [-0.1, -0.05) is 66.7 Å². The summed E-state index contributed by atoms with van der Waals surface area (Å²) < 4.78 is 0. The van der Waals surface area contributed by atoms with Crippen LogP contribution in [0.4, 0.5) is 0 Å². The van der Waals surface area contributed by atoms with Crippen molar-refractivity contribution in [3.05, 3.63) is 89.6 Å². The van der Waals surface area contributed by atoms with Crippen molar-refractivity contribution in [3.8, 4) is 0 Å². The third-order valence-electron chi connectivity index (χ3n) is 3.72. The van der Waals surface area contributed by atoms with E-state index in [-0.39, 0.29) is 5.12 Å². The van der Waals surface area contributed by atoms with Crippen LogP contribution in [0, 0.1) is 0 Å². The molecule has 1 heterocycles. The monoisotopic (exact) mass is 315 g/mol. The Hall–Kier alpha value is -2.65. The maximum absolute atomic E-state index is 12.2. The second-order valence-electron chi connectivity index (χ2n) is 5.31. The number of benzene rings is 3. The third kappa shape index (κ3) is 2.83. The van der Waals surface area contributed by atoms with E-state index in [0.29, 0.717) is 5.70 Å². The minimum atomic E-state index is -0.00277. The molecule has 23 heavy (non-hydrogen) atoms. The minimum Gasteiger partial charge on any atom is -0.279 e. The molecule has 2 nitrogen and oxygen atoms in total. The molecule has 0 radical (unpaired) electrons. The number of thioether (sulfide) groups is 1. The number of carbonyl (C=O) groups excluding carboxylic acids is 1. The van der Waals surface area contributed by atoms with Gasteiger partial charge in [-0.05, 0) is 40.2 Å². The third-order valence-corrected chi connectivity index (χ3v) is 4.63. The van der Waals surface area contributed by atoms with E-state index in [2.05, 4.69) is 29.3 Å². The Balaban J connectivity index is 1.72. The van der Waals surface area contributed by atoms with Crippen LogP contribution in [0.3, 0.4) is 0 Å². The van der Waals surface area contributed by atoms with Crippen molar-refractivity contribution in [2.24, 2.45) is 4.99 Å². The lowest BCUT2D eigenvalue weighted by atomic mass is 10.1. The first-order chi connectivity index (χ1) is 11.3. The summed E-state index contributed by atoms with van der Waals surface area (Å²) in [4.78, 5) is 16.7. The summed E-state index contributed by atoms with van der Waals surface area (Å²) in [7, 11) is 0. The maximum atomic E-state index is 12.2. The molecule has 0 N–H and O–H groups in total. The fraction of sp³-hybridized carbons (Fsp3) is 0. The van der Waals surface area contributed by atoms with Gasteiger partial charge in [-0.15, -0.1) is 0 Å². The standard InChI is InChI=1S/C20H13NOS/c22-20-18(21-19(23-20)16-7-2-1-3-8-16)13-14-10-11-15-6-4-5-9-17(15)12-14/h1-13H/b18-13-. The molecule has 0 aliphatic carbocycles. The van der Waals surface area contributed by atoms with Gasteiger partial charge in [0.1, 0.15) is 10.7 Å². The highest BCUT2D eigenvalue weighted by Gasteiger charge is 2.22. The number of aliphatic imine (C=N–C) groups is 1. The number of fused-ring (bicyclic) bond motifs is 1. The predicted molar refractivity (Wildman–Crippen MR) is 97.5 cm³/mol. The molecular formula is C20H13NOS. The van der Waals surface area contributed by atoms with Gasteiger partial charge in [0.2, 0.25) is 5.12 Å². The zero-order chi connectivity index (χ0) is 15.6. The molecule has 0 spiro atoms. The number of hydrogen-bond acceptors (Lipinski definition) is 3.